The molecule has 2 rings (SSSR count). The van der Waals surface area contributed by atoms with Gasteiger partial charge in [0.2, 0.25) is 11.8 Å². The van der Waals surface area contributed by atoms with Gasteiger partial charge in [-0.15, -0.1) is 0 Å². The van der Waals surface area contributed by atoms with Gasteiger partial charge in [-0.3, -0.25) is 9.59 Å². The van der Waals surface area contributed by atoms with Crippen LogP contribution in [0, 0.1) is 5.92 Å². The number of amides is 2. The van der Waals surface area contributed by atoms with Crippen molar-refractivity contribution in [2.75, 3.05) is 19.6 Å². The van der Waals surface area contributed by atoms with Crippen molar-refractivity contribution in [2.45, 2.75) is 18.9 Å². The summed E-state index contributed by atoms with van der Waals surface area (Å²) in [5, 5.41) is 8.64. The first kappa shape index (κ1) is 9.45. The molecule has 0 aromatic carbocycles. The molecule has 14 heavy (non-hydrogen) atoms. The lowest BCUT2D eigenvalue weighted by molar-refractivity contribution is -0.125. The van der Waals surface area contributed by atoms with Gasteiger partial charge in [-0.25, -0.2) is 0 Å². The molecule has 0 aliphatic carbocycles. The third kappa shape index (κ3) is 2.04. The van der Waals surface area contributed by atoms with E-state index in [1.54, 1.807) is 0 Å². The van der Waals surface area contributed by atoms with Gasteiger partial charge in [-0.05, 0) is 6.42 Å². The van der Waals surface area contributed by atoms with Crippen molar-refractivity contribution >= 4 is 11.8 Å². The summed E-state index contributed by atoms with van der Waals surface area (Å²) < 4.78 is 0. The Balaban J connectivity index is 1.69. The third-order valence-corrected chi connectivity index (χ3v) is 2.74. The number of carbonyl (C=O) groups is 2. The fraction of sp³-hybridized carbons (Fsp3) is 0.778. The molecule has 2 aliphatic rings. The molecule has 5 heteroatoms. The maximum Gasteiger partial charge on any atom is 0.242 e. The molecule has 2 amide bonds. The predicted octanol–water partition coefficient (Wildman–Crippen LogP) is -1.40. The van der Waals surface area contributed by atoms with E-state index in [-0.39, 0.29) is 17.9 Å². The van der Waals surface area contributed by atoms with Crippen LogP contribution < -0.4 is 16.0 Å². The van der Waals surface area contributed by atoms with Crippen molar-refractivity contribution < 1.29 is 9.59 Å². The van der Waals surface area contributed by atoms with E-state index in [0.29, 0.717) is 18.8 Å². The third-order valence-electron chi connectivity index (χ3n) is 2.74. The zero-order chi connectivity index (χ0) is 9.97. The average Bonchev–Trinajstić information content (AvgIpc) is 2.49. The first-order valence-corrected chi connectivity index (χ1v) is 5.03. The van der Waals surface area contributed by atoms with Crippen LogP contribution in [0.3, 0.4) is 0 Å². The second kappa shape index (κ2) is 3.96. The fourth-order valence-corrected chi connectivity index (χ4v) is 1.67. The van der Waals surface area contributed by atoms with Gasteiger partial charge in [0.05, 0.1) is 0 Å². The summed E-state index contributed by atoms with van der Waals surface area (Å²) in [7, 11) is 0. The summed E-state index contributed by atoms with van der Waals surface area (Å²) in [5.41, 5.74) is 0. The fourth-order valence-electron chi connectivity index (χ4n) is 1.67. The van der Waals surface area contributed by atoms with Gasteiger partial charge >= 0.3 is 0 Å². The molecule has 2 fully saturated rings. The van der Waals surface area contributed by atoms with Crippen LogP contribution in [0.25, 0.3) is 0 Å². The van der Waals surface area contributed by atoms with Gasteiger partial charge in [0.25, 0.3) is 0 Å². The molecule has 0 radical (unpaired) electrons. The van der Waals surface area contributed by atoms with E-state index in [1.807, 2.05) is 0 Å². The lowest BCUT2D eigenvalue weighted by Gasteiger charge is -2.27. The first-order valence-electron chi connectivity index (χ1n) is 5.03. The van der Waals surface area contributed by atoms with Crippen LogP contribution in [0.15, 0.2) is 0 Å². The Kier molecular flexibility index (Phi) is 2.67. The highest BCUT2D eigenvalue weighted by molar-refractivity contribution is 5.90. The van der Waals surface area contributed by atoms with Crippen LogP contribution in [-0.4, -0.2) is 37.5 Å². The lowest BCUT2D eigenvalue weighted by Crippen LogP contribution is -2.50. The van der Waals surface area contributed by atoms with E-state index >= 15 is 0 Å². The van der Waals surface area contributed by atoms with Gasteiger partial charge in [-0.2, -0.15) is 0 Å². The van der Waals surface area contributed by atoms with Crippen LogP contribution >= 0.6 is 0 Å². The maximum atomic E-state index is 11.5. The van der Waals surface area contributed by atoms with E-state index < -0.39 is 0 Å². The molecular weight excluding hydrogens is 182 g/mol. The number of hydrogen-bond acceptors (Lipinski definition) is 3. The van der Waals surface area contributed by atoms with E-state index in [9.17, 15) is 9.59 Å². The highest BCUT2D eigenvalue weighted by Gasteiger charge is 2.27. The van der Waals surface area contributed by atoms with Crippen LogP contribution in [0.2, 0.25) is 0 Å². The minimum absolute atomic E-state index is 0.0181. The topological polar surface area (TPSA) is 70.2 Å². The van der Waals surface area contributed by atoms with Crippen LogP contribution in [-0.2, 0) is 9.59 Å². The van der Waals surface area contributed by atoms with Crippen LogP contribution in [0.1, 0.15) is 12.8 Å². The normalized spacial score (nSPS) is 26.9. The Morgan fingerprint density at radius 3 is 2.79 bits per heavy atom. The van der Waals surface area contributed by atoms with Gasteiger partial charge in [-0.1, -0.05) is 0 Å². The Labute approximate surface area is 82.6 Å². The van der Waals surface area contributed by atoms with Gasteiger partial charge in [0, 0.05) is 32.0 Å². The number of carbonyl (C=O) groups excluding carboxylic acids is 2. The Morgan fingerprint density at radius 1 is 1.50 bits per heavy atom. The standard InChI is InChI=1S/C9H15N3O2/c13-8-2-1-7(12-8)9(14)11-5-6-3-10-4-6/h6-7,10H,1-5H2,(H,11,14)(H,12,13). The summed E-state index contributed by atoms with van der Waals surface area (Å²) in [6.07, 6.45) is 1.11. The molecular formula is C9H15N3O2. The molecule has 0 aromatic rings. The quantitative estimate of drug-likeness (QED) is 0.521. The highest BCUT2D eigenvalue weighted by Crippen LogP contribution is 2.07. The summed E-state index contributed by atoms with van der Waals surface area (Å²) in [5.74, 6) is 0.509. The highest BCUT2D eigenvalue weighted by atomic mass is 16.2. The summed E-state index contributed by atoms with van der Waals surface area (Å²) in [6, 6.07) is -0.296. The molecule has 0 aromatic heterocycles. The van der Waals surface area contributed by atoms with E-state index in [1.165, 1.54) is 0 Å². The lowest BCUT2D eigenvalue weighted by atomic mass is 10.0. The van der Waals surface area contributed by atoms with Crippen molar-refractivity contribution in [1.82, 2.24) is 16.0 Å². The molecule has 2 saturated heterocycles. The SMILES string of the molecule is O=C1CCC(C(=O)NCC2CNC2)N1. The van der Waals surface area contributed by atoms with E-state index in [2.05, 4.69) is 16.0 Å². The molecule has 1 unspecified atom stereocenters. The van der Waals surface area contributed by atoms with Crippen molar-refractivity contribution in [2.24, 2.45) is 5.92 Å². The van der Waals surface area contributed by atoms with E-state index in [0.717, 1.165) is 19.6 Å². The average molecular weight is 197 g/mol. The van der Waals surface area contributed by atoms with Gasteiger partial charge in [0.1, 0.15) is 6.04 Å². The number of hydrogen-bond donors (Lipinski definition) is 3. The van der Waals surface area contributed by atoms with Crippen molar-refractivity contribution in [3.05, 3.63) is 0 Å². The molecule has 5 nitrogen and oxygen atoms in total. The smallest absolute Gasteiger partial charge is 0.242 e. The second-order valence-corrected chi connectivity index (χ2v) is 3.93. The molecule has 3 N–H and O–H groups in total. The van der Waals surface area contributed by atoms with Crippen molar-refractivity contribution in [3.8, 4) is 0 Å². The Bertz CT molecular complexity index is 250. The molecule has 1 atom stereocenters. The largest absolute Gasteiger partial charge is 0.354 e. The summed E-state index contributed by atoms with van der Waals surface area (Å²) in [4.78, 5) is 22.4. The summed E-state index contributed by atoms with van der Waals surface area (Å²) in [6.45, 7) is 2.69. The van der Waals surface area contributed by atoms with Crippen molar-refractivity contribution in [3.63, 3.8) is 0 Å². The number of rotatable bonds is 3. The van der Waals surface area contributed by atoms with Gasteiger partial charge in [0.15, 0.2) is 0 Å². The zero-order valence-corrected chi connectivity index (χ0v) is 8.01. The molecule has 0 spiro atoms. The van der Waals surface area contributed by atoms with Crippen LogP contribution in [0.5, 0.6) is 0 Å². The predicted molar refractivity (Wildman–Crippen MR) is 50.5 cm³/mol. The molecule has 0 bridgehead atoms. The number of nitrogens with one attached hydrogen (secondary N) is 3. The zero-order valence-electron chi connectivity index (χ0n) is 8.01. The van der Waals surface area contributed by atoms with E-state index in [4.69, 9.17) is 0 Å². The Morgan fingerprint density at radius 2 is 2.29 bits per heavy atom. The first-order chi connectivity index (χ1) is 6.75. The second-order valence-electron chi connectivity index (χ2n) is 3.93. The summed E-state index contributed by atoms with van der Waals surface area (Å²) >= 11 is 0. The Hall–Kier alpha value is -1.10. The molecule has 2 aliphatic heterocycles. The molecule has 78 valence electrons. The minimum Gasteiger partial charge on any atom is -0.354 e. The molecule has 0 saturated carbocycles. The van der Waals surface area contributed by atoms with Gasteiger partial charge < -0.3 is 16.0 Å². The molecule has 2 heterocycles. The monoisotopic (exact) mass is 197 g/mol. The van der Waals surface area contributed by atoms with Crippen molar-refractivity contribution in [1.29, 1.82) is 0 Å². The minimum atomic E-state index is -0.296. The van der Waals surface area contributed by atoms with Crippen LogP contribution in [0.4, 0.5) is 0 Å². The maximum absolute atomic E-state index is 11.5.